The first-order valence-corrected chi connectivity index (χ1v) is 9.62. The first-order chi connectivity index (χ1) is 14.6. The fraction of sp³-hybridized carbons (Fsp3) is 0.0952. The number of benzene rings is 2. The standard InChI is InChI=1S/C21H12F4N2O3S/c1-10-8-16-18(31-10)17(11-2-4-12(5-3-11)20(29)30)26-27(16)19(28)14-9-13(22)6-7-15(14)21(23,24)25/h2-9H,1H3,(H,29,30). The highest BCUT2D eigenvalue weighted by atomic mass is 32.1. The third kappa shape index (κ3) is 3.70. The van der Waals surface area contributed by atoms with Crippen molar-refractivity contribution in [1.82, 2.24) is 9.78 Å². The van der Waals surface area contributed by atoms with Gasteiger partial charge in [0.05, 0.1) is 26.9 Å². The largest absolute Gasteiger partial charge is 0.478 e. The second-order valence-electron chi connectivity index (χ2n) is 6.71. The number of alkyl halides is 3. The molecule has 0 spiro atoms. The van der Waals surface area contributed by atoms with Crippen molar-refractivity contribution in [3.63, 3.8) is 0 Å². The molecule has 10 heteroatoms. The van der Waals surface area contributed by atoms with Crippen molar-refractivity contribution in [1.29, 1.82) is 0 Å². The number of aromatic carboxylic acids is 1. The van der Waals surface area contributed by atoms with Gasteiger partial charge >= 0.3 is 12.1 Å². The Morgan fingerprint density at radius 1 is 1.06 bits per heavy atom. The number of carbonyl (C=O) groups excluding carboxylic acids is 1. The van der Waals surface area contributed by atoms with E-state index in [0.717, 1.165) is 9.56 Å². The molecule has 2 aromatic carbocycles. The van der Waals surface area contributed by atoms with Crippen LogP contribution in [0.4, 0.5) is 17.6 Å². The van der Waals surface area contributed by atoms with Crippen LogP contribution in [0.2, 0.25) is 0 Å². The van der Waals surface area contributed by atoms with Crippen LogP contribution in [-0.2, 0) is 6.18 Å². The zero-order valence-electron chi connectivity index (χ0n) is 15.7. The van der Waals surface area contributed by atoms with E-state index in [-0.39, 0.29) is 11.1 Å². The molecule has 0 radical (unpaired) electrons. The highest BCUT2D eigenvalue weighted by Crippen LogP contribution is 2.37. The lowest BCUT2D eigenvalue weighted by molar-refractivity contribution is -0.138. The van der Waals surface area contributed by atoms with Crippen LogP contribution in [0.1, 0.15) is 31.2 Å². The minimum atomic E-state index is -4.86. The molecule has 31 heavy (non-hydrogen) atoms. The van der Waals surface area contributed by atoms with Gasteiger partial charge in [-0.3, -0.25) is 4.79 Å². The van der Waals surface area contributed by atoms with Gasteiger partial charge in [0, 0.05) is 10.4 Å². The summed E-state index contributed by atoms with van der Waals surface area (Å²) in [6, 6.07) is 9.02. The first-order valence-electron chi connectivity index (χ1n) is 8.80. The lowest BCUT2D eigenvalue weighted by Gasteiger charge is -2.12. The summed E-state index contributed by atoms with van der Waals surface area (Å²) < 4.78 is 55.3. The summed E-state index contributed by atoms with van der Waals surface area (Å²) in [5.41, 5.74) is -0.993. The highest BCUT2D eigenvalue weighted by Gasteiger charge is 2.36. The number of nitrogens with zero attached hydrogens (tertiary/aromatic N) is 2. The predicted octanol–water partition coefficient (Wildman–Crippen LogP) is 5.62. The lowest BCUT2D eigenvalue weighted by Crippen LogP contribution is -2.20. The summed E-state index contributed by atoms with van der Waals surface area (Å²) in [5.74, 6) is -3.22. The Morgan fingerprint density at radius 2 is 1.74 bits per heavy atom. The quantitative estimate of drug-likeness (QED) is 0.413. The fourth-order valence-electron chi connectivity index (χ4n) is 3.20. The van der Waals surface area contributed by atoms with Crippen LogP contribution >= 0.6 is 11.3 Å². The van der Waals surface area contributed by atoms with Crippen LogP contribution in [0.15, 0.2) is 48.5 Å². The van der Waals surface area contributed by atoms with Gasteiger partial charge in [-0.05, 0) is 43.3 Å². The molecular weight excluding hydrogens is 436 g/mol. The number of halogens is 4. The van der Waals surface area contributed by atoms with Crippen LogP contribution in [0.25, 0.3) is 21.5 Å². The first kappa shape index (κ1) is 20.7. The van der Waals surface area contributed by atoms with E-state index in [1.165, 1.54) is 35.6 Å². The Labute approximate surface area is 176 Å². The van der Waals surface area contributed by atoms with Crippen LogP contribution < -0.4 is 0 Å². The monoisotopic (exact) mass is 448 g/mol. The number of hydrogen-bond acceptors (Lipinski definition) is 4. The number of fused-ring (bicyclic) bond motifs is 1. The van der Waals surface area contributed by atoms with Crippen LogP contribution in [0.3, 0.4) is 0 Å². The third-order valence-corrected chi connectivity index (χ3v) is 5.64. The minimum absolute atomic E-state index is 0.0486. The lowest BCUT2D eigenvalue weighted by atomic mass is 10.1. The number of carbonyl (C=O) groups is 2. The molecule has 4 aromatic rings. The molecule has 0 aliphatic rings. The third-order valence-electron chi connectivity index (χ3n) is 4.59. The number of thiophene rings is 1. The van der Waals surface area contributed by atoms with Gasteiger partial charge in [-0.25, -0.2) is 9.18 Å². The number of aryl methyl sites for hydroxylation is 1. The molecule has 0 saturated heterocycles. The molecule has 4 rings (SSSR count). The van der Waals surface area contributed by atoms with Crippen molar-refractivity contribution in [3.8, 4) is 11.3 Å². The maximum absolute atomic E-state index is 13.7. The Kier molecular flexibility index (Phi) is 4.89. The molecule has 0 unspecified atom stereocenters. The smallest absolute Gasteiger partial charge is 0.417 e. The van der Waals surface area contributed by atoms with Crippen LogP contribution in [-0.4, -0.2) is 26.8 Å². The predicted molar refractivity (Wildman–Crippen MR) is 106 cm³/mol. The SMILES string of the molecule is Cc1cc2c(s1)c(-c1ccc(C(=O)O)cc1)nn2C(=O)c1cc(F)ccc1C(F)(F)F. The topological polar surface area (TPSA) is 72.2 Å². The van der Waals surface area contributed by atoms with Gasteiger partial charge in [-0.1, -0.05) is 12.1 Å². The van der Waals surface area contributed by atoms with E-state index in [9.17, 15) is 27.2 Å². The second-order valence-corrected chi connectivity index (χ2v) is 7.96. The Balaban J connectivity index is 1.90. The second kappa shape index (κ2) is 7.31. The van der Waals surface area contributed by atoms with Crippen LogP contribution in [0.5, 0.6) is 0 Å². The zero-order valence-corrected chi connectivity index (χ0v) is 16.5. The van der Waals surface area contributed by atoms with Crippen molar-refractivity contribution in [2.24, 2.45) is 0 Å². The van der Waals surface area contributed by atoms with Gasteiger partial charge in [0.1, 0.15) is 11.5 Å². The van der Waals surface area contributed by atoms with E-state index in [2.05, 4.69) is 5.10 Å². The van der Waals surface area contributed by atoms with Crippen molar-refractivity contribution in [3.05, 3.63) is 75.9 Å². The summed E-state index contributed by atoms with van der Waals surface area (Å²) in [7, 11) is 0. The molecule has 0 aliphatic carbocycles. The zero-order chi connectivity index (χ0) is 22.5. The molecule has 0 atom stereocenters. The average Bonchev–Trinajstić information content (AvgIpc) is 3.23. The Bertz CT molecular complexity index is 1340. The van der Waals surface area contributed by atoms with Crippen molar-refractivity contribution in [2.75, 3.05) is 0 Å². The van der Waals surface area contributed by atoms with Crippen LogP contribution in [0, 0.1) is 12.7 Å². The maximum atomic E-state index is 13.7. The number of aromatic nitrogens is 2. The fourth-order valence-corrected chi connectivity index (χ4v) is 4.19. The molecule has 0 amide bonds. The molecule has 2 heterocycles. The summed E-state index contributed by atoms with van der Waals surface area (Å²) in [6.45, 7) is 1.76. The van der Waals surface area contributed by atoms with Gasteiger partial charge in [0.2, 0.25) is 0 Å². The molecule has 1 N–H and O–H groups in total. The van der Waals surface area contributed by atoms with E-state index in [4.69, 9.17) is 5.11 Å². The molecular formula is C21H12F4N2O3S. The molecule has 0 fully saturated rings. The van der Waals surface area contributed by atoms with Gasteiger partial charge in [-0.15, -0.1) is 11.3 Å². The van der Waals surface area contributed by atoms with Crippen molar-refractivity contribution in [2.45, 2.75) is 13.1 Å². The van der Waals surface area contributed by atoms with Crippen molar-refractivity contribution >= 4 is 33.4 Å². The minimum Gasteiger partial charge on any atom is -0.478 e. The van der Waals surface area contributed by atoms with E-state index >= 15 is 0 Å². The summed E-state index contributed by atoms with van der Waals surface area (Å²) in [4.78, 5) is 24.9. The molecule has 0 aliphatic heterocycles. The normalized spacial score (nSPS) is 11.8. The maximum Gasteiger partial charge on any atom is 0.417 e. The number of rotatable bonds is 3. The van der Waals surface area contributed by atoms with E-state index in [1.807, 2.05) is 0 Å². The van der Waals surface area contributed by atoms with Gasteiger partial charge in [-0.2, -0.15) is 23.0 Å². The Hall–Kier alpha value is -3.53. The number of carboxylic acid groups (broad SMARTS) is 1. The van der Waals surface area contributed by atoms with Crippen molar-refractivity contribution < 1.29 is 32.3 Å². The summed E-state index contributed by atoms with van der Waals surface area (Å²) >= 11 is 1.28. The molecule has 5 nitrogen and oxygen atoms in total. The number of hydrogen-bond donors (Lipinski definition) is 1. The van der Waals surface area contributed by atoms with Gasteiger partial charge < -0.3 is 5.11 Å². The van der Waals surface area contributed by atoms with E-state index in [0.29, 0.717) is 34.2 Å². The van der Waals surface area contributed by atoms with Gasteiger partial charge in [0.25, 0.3) is 5.91 Å². The number of carboxylic acids is 1. The highest BCUT2D eigenvalue weighted by molar-refractivity contribution is 7.19. The molecule has 0 saturated carbocycles. The molecule has 2 aromatic heterocycles. The van der Waals surface area contributed by atoms with E-state index in [1.54, 1.807) is 13.0 Å². The molecule has 158 valence electrons. The molecule has 0 bridgehead atoms. The summed E-state index contributed by atoms with van der Waals surface area (Å²) in [6.07, 6.45) is -4.86. The van der Waals surface area contributed by atoms with Gasteiger partial charge in [0.15, 0.2) is 0 Å². The average molecular weight is 448 g/mol. The van der Waals surface area contributed by atoms with E-state index < -0.39 is 35.0 Å². The summed E-state index contributed by atoms with van der Waals surface area (Å²) in [5, 5.41) is 13.3. The Morgan fingerprint density at radius 3 is 2.35 bits per heavy atom.